The fourth-order valence-corrected chi connectivity index (χ4v) is 3.58. The molecule has 0 spiro atoms. The summed E-state index contributed by atoms with van der Waals surface area (Å²) in [5.41, 5.74) is -1.41. The molecular formula is C20H22Cl2O4. The number of aliphatic carboxylic acids is 1. The number of methoxy groups -OCH3 is 1. The molecule has 2 aromatic rings. The van der Waals surface area contributed by atoms with Crippen molar-refractivity contribution in [3.05, 3.63) is 63.6 Å². The molecule has 0 fully saturated rings. The summed E-state index contributed by atoms with van der Waals surface area (Å²) >= 11 is 12.3. The SMILES string of the molecule is COc1ccc(Cl)cc1C(C)(C)CC(O)(Cc1ccccc1Cl)C(=O)O. The van der Waals surface area contributed by atoms with Crippen LogP contribution in [-0.2, 0) is 16.6 Å². The number of carboxylic acids is 1. The molecule has 6 heteroatoms. The zero-order valence-electron chi connectivity index (χ0n) is 14.9. The molecule has 2 rings (SSSR count). The molecule has 140 valence electrons. The first-order chi connectivity index (χ1) is 12.1. The van der Waals surface area contributed by atoms with Gasteiger partial charge in [0.2, 0.25) is 0 Å². The van der Waals surface area contributed by atoms with Gasteiger partial charge in [-0.3, -0.25) is 0 Å². The Bertz CT molecular complexity index is 804. The van der Waals surface area contributed by atoms with Gasteiger partial charge in [0.15, 0.2) is 5.60 Å². The van der Waals surface area contributed by atoms with E-state index in [9.17, 15) is 15.0 Å². The van der Waals surface area contributed by atoms with Crippen molar-refractivity contribution in [1.29, 1.82) is 0 Å². The molecule has 0 aromatic heterocycles. The highest BCUT2D eigenvalue weighted by Gasteiger charge is 2.43. The van der Waals surface area contributed by atoms with Gasteiger partial charge in [0.25, 0.3) is 0 Å². The molecule has 2 aromatic carbocycles. The van der Waals surface area contributed by atoms with Crippen molar-refractivity contribution in [2.75, 3.05) is 7.11 Å². The highest BCUT2D eigenvalue weighted by Crippen LogP contribution is 2.40. The number of rotatable bonds is 7. The van der Waals surface area contributed by atoms with Crippen molar-refractivity contribution >= 4 is 29.2 Å². The Hall–Kier alpha value is -1.75. The number of ether oxygens (including phenoxy) is 1. The summed E-state index contributed by atoms with van der Waals surface area (Å²) in [6, 6.07) is 12.1. The molecule has 2 N–H and O–H groups in total. The third kappa shape index (κ3) is 4.50. The van der Waals surface area contributed by atoms with E-state index in [2.05, 4.69) is 0 Å². The van der Waals surface area contributed by atoms with Crippen LogP contribution in [0, 0.1) is 0 Å². The summed E-state index contributed by atoms with van der Waals surface area (Å²) in [7, 11) is 1.54. The molecule has 4 nitrogen and oxygen atoms in total. The number of halogens is 2. The summed E-state index contributed by atoms with van der Waals surface area (Å²) in [6.45, 7) is 3.70. The van der Waals surface area contributed by atoms with Crippen molar-refractivity contribution in [2.45, 2.75) is 37.7 Å². The minimum atomic E-state index is -2.00. The Kier molecular flexibility index (Phi) is 6.22. The maximum atomic E-state index is 11.9. The van der Waals surface area contributed by atoms with Gasteiger partial charge in [-0.25, -0.2) is 4.79 Å². The van der Waals surface area contributed by atoms with Gasteiger partial charge in [-0.2, -0.15) is 0 Å². The minimum absolute atomic E-state index is 0.0444. The largest absolute Gasteiger partial charge is 0.496 e. The third-order valence-electron chi connectivity index (χ3n) is 4.46. The highest BCUT2D eigenvalue weighted by atomic mass is 35.5. The molecule has 0 bridgehead atoms. The summed E-state index contributed by atoms with van der Waals surface area (Å²) in [4.78, 5) is 11.9. The van der Waals surface area contributed by atoms with Gasteiger partial charge in [-0.05, 0) is 41.7 Å². The number of hydrogen-bond donors (Lipinski definition) is 2. The maximum absolute atomic E-state index is 11.9. The van der Waals surface area contributed by atoms with E-state index in [0.29, 0.717) is 21.4 Å². The third-order valence-corrected chi connectivity index (χ3v) is 5.07. The summed E-state index contributed by atoms with van der Waals surface area (Å²) < 4.78 is 5.39. The molecule has 26 heavy (non-hydrogen) atoms. The van der Waals surface area contributed by atoms with Crippen LogP contribution in [0.1, 0.15) is 31.4 Å². The van der Waals surface area contributed by atoms with Crippen LogP contribution in [0.25, 0.3) is 0 Å². The van der Waals surface area contributed by atoms with Crippen molar-refractivity contribution < 1.29 is 19.7 Å². The lowest BCUT2D eigenvalue weighted by Crippen LogP contribution is -2.45. The second kappa shape index (κ2) is 7.87. The monoisotopic (exact) mass is 396 g/mol. The lowest BCUT2D eigenvalue weighted by molar-refractivity contribution is -0.160. The molecular weight excluding hydrogens is 375 g/mol. The smallest absolute Gasteiger partial charge is 0.336 e. The van der Waals surface area contributed by atoms with E-state index in [1.807, 2.05) is 13.8 Å². The van der Waals surface area contributed by atoms with E-state index >= 15 is 0 Å². The van der Waals surface area contributed by atoms with Gasteiger partial charge in [0.05, 0.1) is 7.11 Å². The lowest BCUT2D eigenvalue weighted by atomic mass is 9.73. The van der Waals surface area contributed by atoms with Crippen LogP contribution in [-0.4, -0.2) is 28.9 Å². The normalized spacial score (nSPS) is 13.9. The first-order valence-corrected chi connectivity index (χ1v) is 8.88. The summed E-state index contributed by atoms with van der Waals surface area (Å²) in [5.74, 6) is -0.712. The first kappa shape index (κ1) is 20.6. The van der Waals surface area contributed by atoms with E-state index in [0.717, 1.165) is 5.56 Å². The van der Waals surface area contributed by atoms with Crippen molar-refractivity contribution in [3.63, 3.8) is 0 Å². The Morgan fingerprint density at radius 2 is 1.81 bits per heavy atom. The van der Waals surface area contributed by atoms with Crippen LogP contribution >= 0.6 is 23.2 Å². The molecule has 0 aliphatic rings. The predicted molar refractivity (Wildman–Crippen MR) is 103 cm³/mol. The van der Waals surface area contributed by atoms with Crippen LogP contribution in [0.2, 0.25) is 10.0 Å². The van der Waals surface area contributed by atoms with Crippen LogP contribution in [0.3, 0.4) is 0 Å². The topological polar surface area (TPSA) is 66.8 Å². The standard InChI is InChI=1S/C20H22Cl2O4/c1-19(2,15-10-14(21)8-9-17(15)26-3)12-20(25,18(23)24)11-13-6-4-5-7-16(13)22/h4-10,25H,11-12H2,1-3H3,(H,23,24). The second-order valence-electron chi connectivity index (χ2n) is 7.01. The van der Waals surface area contributed by atoms with Crippen LogP contribution in [0.5, 0.6) is 5.75 Å². The van der Waals surface area contributed by atoms with Gasteiger partial charge in [-0.1, -0.05) is 55.2 Å². The first-order valence-electron chi connectivity index (χ1n) is 8.12. The van der Waals surface area contributed by atoms with Gasteiger partial charge in [0.1, 0.15) is 5.75 Å². The average molecular weight is 397 g/mol. The predicted octanol–water partition coefficient (Wildman–Crippen LogP) is 4.73. The van der Waals surface area contributed by atoms with E-state index < -0.39 is 17.0 Å². The molecule has 0 heterocycles. The molecule has 0 aliphatic carbocycles. The Morgan fingerprint density at radius 1 is 1.15 bits per heavy atom. The van der Waals surface area contributed by atoms with Crippen LogP contribution < -0.4 is 4.74 Å². The number of benzene rings is 2. The van der Waals surface area contributed by atoms with Crippen LogP contribution in [0.15, 0.2) is 42.5 Å². The molecule has 0 aliphatic heterocycles. The molecule has 0 amide bonds. The molecule has 0 saturated heterocycles. The number of carbonyl (C=O) groups is 1. The molecule has 1 atom stereocenters. The fourth-order valence-electron chi connectivity index (χ4n) is 3.21. The maximum Gasteiger partial charge on any atom is 0.336 e. The Labute approximate surface area is 163 Å². The van der Waals surface area contributed by atoms with Crippen molar-refractivity contribution in [2.24, 2.45) is 0 Å². The van der Waals surface area contributed by atoms with E-state index in [4.69, 9.17) is 27.9 Å². The van der Waals surface area contributed by atoms with Gasteiger partial charge >= 0.3 is 5.97 Å². The number of carboxylic acid groups (broad SMARTS) is 1. The summed E-state index contributed by atoms with van der Waals surface area (Å²) in [5, 5.41) is 21.6. The second-order valence-corrected chi connectivity index (χ2v) is 7.85. The lowest BCUT2D eigenvalue weighted by Gasteiger charge is -2.35. The van der Waals surface area contributed by atoms with Crippen molar-refractivity contribution in [3.8, 4) is 5.75 Å². The zero-order chi connectivity index (χ0) is 19.5. The average Bonchev–Trinajstić information content (AvgIpc) is 2.56. The van der Waals surface area contributed by atoms with E-state index in [1.165, 1.54) is 7.11 Å². The number of aliphatic hydroxyl groups is 1. The summed E-state index contributed by atoms with van der Waals surface area (Å²) in [6.07, 6.45) is -0.147. The van der Waals surface area contributed by atoms with Gasteiger partial charge in [0, 0.05) is 22.0 Å². The Balaban J connectivity index is 2.41. The molecule has 1 unspecified atom stereocenters. The highest BCUT2D eigenvalue weighted by molar-refractivity contribution is 6.31. The zero-order valence-corrected chi connectivity index (χ0v) is 16.4. The van der Waals surface area contributed by atoms with Gasteiger partial charge < -0.3 is 14.9 Å². The number of hydrogen-bond acceptors (Lipinski definition) is 3. The molecule has 0 saturated carbocycles. The quantitative estimate of drug-likeness (QED) is 0.709. The fraction of sp³-hybridized carbons (Fsp3) is 0.350. The molecule has 0 radical (unpaired) electrons. The van der Waals surface area contributed by atoms with E-state index in [1.54, 1.807) is 42.5 Å². The van der Waals surface area contributed by atoms with Crippen LogP contribution in [0.4, 0.5) is 0 Å². The van der Waals surface area contributed by atoms with E-state index in [-0.39, 0.29) is 12.8 Å². The van der Waals surface area contributed by atoms with Gasteiger partial charge in [-0.15, -0.1) is 0 Å². The minimum Gasteiger partial charge on any atom is -0.496 e. The van der Waals surface area contributed by atoms with Crippen molar-refractivity contribution in [1.82, 2.24) is 0 Å². The Morgan fingerprint density at radius 3 is 2.38 bits per heavy atom.